The van der Waals surface area contributed by atoms with Crippen molar-refractivity contribution in [1.29, 1.82) is 0 Å². The molecule has 27 heavy (non-hydrogen) atoms. The van der Waals surface area contributed by atoms with Crippen molar-refractivity contribution in [2.24, 2.45) is 13.0 Å². The number of aromatic nitrogens is 3. The van der Waals surface area contributed by atoms with E-state index in [0.29, 0.717) is 11.6 Å². The van der Waals surface area contributed by atoms with Crippen LogP contribution in [0.25, 0.3) is 11.4 Å². The molecule has 1 fully saturated rings. The van der Waals surface area contributed by atoms with Gasteiger partial charge in [-0.15, -0.1) is 0 Å². The van der Waals surface area contributed by atoms with Crippen LogP contribution in [0.2, 0.25) is 0 Å². The molecule has 1 N–H and O–H groups in total. The Balaban J connectivity index is 1.38. The van der Waals surface area contributed by atoms with Crippen LogP contribution >= 0.6 is 0 Å². The maximum Gasteiger partial charge on any atom is 0.271 e. The van der Waals surface area contributed by atoms with Gasteiger partial charge >= 0.3 is 0 Å². The number of hydrogen-bond donors (Lipinski definition) is 1. The van der Waals surface area contributed by atoms with Crippen molar-refractivity contribution >= 4 is 11.6 Å². The van der Waals surface area contributed by atoms with Gasteiger partial charge in [0.15, 0.2) is 0 Å². The molecule has 0 bridgehead atoms. The average molecular weight is 363 g/mol. The molecule has 1 unspecified atom stereocenters. The van der Waals surface area contributed by atoms with Gasteiger partial charge in [0.1, 0.15) is 11.4 Å². The first-order valence-corrected chi connectivity index (χ1v) is 9.34. The molecule has 1 amide bonds. The summed E-state index contributed by atoms with van der Waals surface area (Å²) in [5.41, 5.74) is 3.57. The fourth-order valence-electron chi connectivity index (χ4n) is 3.82. The lowest BCUT2D eigenvalue weighted by atomic mass is 10.1. The van der Waals surface area contributed by atoms with E-state index in [1.54, 1.807) is 4.90 Å². The molecule has 1 atom stereocenters. The van der Waals surface area contributed by atoms with Gasteiger partial charge in [-0.05, 0) is 42.7 Å². The zero-order chi connectivity index (χ0) is 18.8. The minimum atomic E-state index is -0.0129. The monoisotopic (exact) mass is 363 g/mol. The standard InChI is InChI=1S/C21H25N5O/c1-24-11-6-9-20(24)18-13-19(23-22-18)21(27)25(2)14-16-10-12-26(15-16)17-7-4-3-5-8-17/h3-9,11,13,16H,10,12,14-15H2,1-2H3,(H,22,23). The van der Waals surface area contributed by atoms with Crippen molar-refractivity contribution < 1.29 is 4.79 Å². The number of amides is 1. The summed E-state index contributed by atoms with van der Waals surface area (Å²) in [6, 6.07) is 16.3. The number of H-pyrrole nitrogens is 1. The third-order valence-corrected chi connectivity index (χ3v) is 5.30. The lowest BCUT2D eigenvalue weighted by Crippen LogP contribution is -2.33. The molecular formula is C21H25N5O. The van der Waals surface area contributed by atoms with E-state index in [0.717, 1.165) is 37.4 Å². The minimum Gasteiger partial charge on any atom is -0.371 e. The van der Waals surface area contributed by atoms with E-state index in [1.807, 2.05) is 49.1 Å². The Morgan fingerprint density at radius 2 is 2.07 bits per heavy atom. The van der Waals surface area contributed by atoms with Crippen LogP contribution in [0.5, 0.6) is 0 Å². The van der Waals surface area contributed by atoms with Crippen molar-refractivity contribution in [2.75, 3.05) is 31.6 Å². The van der Waals surface area contributed by atoms with Crippen LogP contribution in [0.15, 0.2) is 54.7 Å². The summed E-state index contributed by atoms with van der Waals surface area (Å²) < 4.78 is 1.99. The molecule has 3 heterocycles. The maximum absolute atomic E-state index is 12.8. The number of carbonyl (C=O) groups excluding carboxylic acids is 1. The fourth-order valence-corrected chi connectivity index (χ4v) is 3.82. The third kappa shape index (κ3) is 3.60. The van der Waals surface area contributed by atoms with Crippen molar-refractivity contribution in [3.8, 4) is 11.4 Å². The lowest BCUT2D eigenvalue weighted by Gasteiger charge is -2.22. The zero-order valence-electron chi connectivity index (χ0n) is 15.8. The SMILES string of the molecule is CN(CC1CCN(c2ccccc2)C1)C(=O)c1cc(-c2cccn2C)n[nH]1. The largest absolute Gasteiger partial charge is 0.371 e. The normalized spacial score (nSPS) is 16.7. The number of benzene rings is 1. The predicted molar refractivity (Wildman–Crippen MR) is 107 cm³/mol. The topological polar surface area (TPSA) is 57.2 Å². The third-order valence-electron chi connectivity index (χ3n) is 5.30. The van der Waals surface area contributed by atoms with Crippen LogP contribution in [0.3, 0.4) is 0 Å². The maximum atomic E-state index is 12.8. The number of hydrogen-bond acceptors (Lipinski definition) is 3. The van der Waals surface area contributed by atoms with E-state index in [9.17, 15) is 4.79 Å². The van der Waals surface area contributed by atoms with Crippen molar-refractivity contribution in [1.82, 2.24) is 19.7 Å². The van der Waals surface area contributed by atoms with Gasteiger partial charge in [-0.25, -0.2) is 0 Å². The first-order chi connectivity index (χ1) is 13.1. The van der Waals surface area contributed by atoms with E-state index in [1.165, 1.54) is 5.69 Å². The molecule has 3 aromatic rings. The highest BCUT2D eigenvalue weighted by Gasteiger charge is 2.26. The summed E-state index contributed by atoms with van der Waals surface area (Å²) in [6.45, 7) is 2.78. The molecule has 0 spiro atoms. The number of rotatable bonds is 5. The molecule has 0 radical (unpaired) electrons. The van der Waals surface area contributed by atoms with Crippen LogP contribution < -0.4 is 4.90 Å². The fraction of sp³-hybridized carbons (Fsp3) is 0.333. The molecule has 0 aliphatic carbocycles. The Bertz CT molecular complexity index is 914. The molecule has 1 aliphatic heterocycles. The van der Waals surface area contributed by atoms with Gasteiger partial charge < -0.3 is 14.4 Å². The van der Waals surface area contributed by atoms with Crippen LogP contribution in [0.1, 0.15) is 16.9 Å². The molecule has 4 rings (SSSR count). The van der Waals surface area contributed by atoms with E-state index in [2.05, 4.69) is 39.4 Å². The van der Waals surface area contributed by atoms with Crippen LogP contribution in [0.4, 0.5) is 5.69 Å². The van der Waals surface area contributed by atoms with Gasteiger partial charge in [-0.1, -0.05) is 18.2 Å². The van der Waals surface area contributed by atoms with Crippen LogP contribution in [-0.4, -0.2) is 52.3 Å². The number of aryl methyl sites for hydroxylation is 1. The first kappa shape index (κ1) is 17.4. The average Bonchev–Trinajstić information content (AvgIpc) is 3.42. The smallest absolute Gasteiger partial charge is 0.271 e. The molecule has 1 aromatic carbocycles. The highest BCUT2D eigenvalue weighted by Crippen LogP contribution is 2.24. The van der Waals surface area contributed by atoms with Gasteiger partial charge in [-0.2, -0.15) is 5.10 Å². The number of carbonyl (C=O) groups is 1. The van der Waals surface area contributed by atoms with Crippen molar-refractivity contribution in [3.05, 3.63) is 60.4 Å². The number of anilines is 1. The van der Waals surface area contributed by atoms with Gasteiger partial charge in [0.05, 0.1) is 5.69 Å². The summed E-state index contributed by atoms with van der Waals surface area (Å²) in [6.07, 6.45) is 3.07. The molecule has 1 aliphatic rings. The van der Waals surface area contributed by atoms with E-state index < -0.39 is 0 Å². The molecule has 6 nitrogen and oxygen atoms in total. The molecule has 140 valence electrons. The second-order valence-corrected chi connectivity index (χ2v) is 7.29. The van der Waals surface area contributed by atoms with E-state index >= 15 is 0 Å². The lowest BCUT2D eigenvalue weighted by molar-refractivity contribution is 0.0770. The highest BCUT2D eigenvalue weighted by atomic mass is 16.2. The predicted octanol–water partition coefficient (Wildman–Crippen LogP) is 3.01. The number of nitrogens with zero attached hydrogens (tertiary/aromatic N) is 4. The Labute approximate surface area is 159 Å². The van der Waals surface area contributed by atoms with E-state index in [4.69, 9.17) is 0 Å². The summed E-state index contributed by atoms with van der Waals surface area (Å²) >= 11 is 0. The van der Waals surface area contributed by atoms with E-state index in [-0.39, 0.29) is 5.91 Å². The summed E-state index contributed by atoms with van der Waals surface area (Å²) in [5, 5.41) is 7.20. The second-order valence-electron chi connectivity index (χ2n) is 7.29. The highest BCUT2D eigenvalue weighted by molar-refractivity contribution is 5.93. The molecule has 0 saturated carbocycles. The summed E-state index contributed by atoms with van der Waals surface area (Å²) in [7, 11) is 3.84. The molecule has 6 heteroatoms. The van der Waals surface area contributed by atoms with Gasteiger partial charge in [-0.3, -0.25) is 9.89 Å². The van der Waals surface area contributed by atoms with Gasteiger partial charge in [0.2, 0.25) is 0 Å². The van der Waals surface area contributed by atoms with Crippen molar-refractivity contribution in [2.45, 2.75) is 6.42 Å². The molecular weight excluding hydrogens is 338 g/mol. The second kappa shape index (κ2) is 7.31. The minimum absolute atomic E-state index is 0.0129. The molecule has 1 saturated heterocycles. The van der Waals surface area contributed by atoms with Crippen LogP contribution in [-0.2, 0) is 7.05 Å². The number of aromatic amines is 1. The van der Waals surface area contributed by atoms with Crippen molar-refractivity contribution in [3.63, 3.8) is 0 Å². The summed E-state index contributed by atoms with van der Waals surface area (Å²) in [5.74, 6) is 0.468. The summed E-state index contributed by atoms with van der Waals surface area (Å²) in [4.78, 5) is 17.0. The Hall–Kier alpha value is -3.02. The Morgan fingerprint density at radius 1 is 1.26 bits per heavy atom. The number of nitrogens with one attached hydrogen (secondary N) is 1. The van der Waals surface area contributed by atoms with Gasteiger partial charge in [0.25, 0.3) is 5.91 Å². The van der Waals surface area contributed by atoms with Crippen LogP contribution in [0, 0.1) is 5.92 Å². The zero-order valence-corrected chi connectivity index (χ0v) is 15.8. The Kier molecular flexibility index (Phi) is 4.71. The van der Waals surface area contributed by atoms with Gasteiger partial charge in [0, 0.05) is 45.6 Å². The quantitative estimate of drug-likeness (QED) is 0.758. The first-order valence-electron chi connectivity index (χ1n) is 9.34. The molecule has 2 aromatic heterocycles. The Morgan fingerprint density at radius 3 is 2.81 bits per heavy atom. The number of para-hydroxylation sites is 1.